The molecule has 0 radical (unpaired) electrons. The fourth-order valence-electron chi connectivity index (χ4n) is 2.56. The molecule has 3 N–H and O–H groups in total. The number of nitrogens with zero attached hydrogens (tertiary/aromatic N) is 1. The van der Waals surface area contributed by atoms with Crippen LogP contribution in [0.25, 0.3) is 0 Å². The maximum atomic E-state index is 12.5. The highest BCUT2D eigenvalue weighted by atomic mass is 16.2. The number of primary amides is 1. The molecule has 1 aliphatic heterocycles. The zero-order chi connectivity index (χ0) is 14.5. The average Bonchev–Trinajstić information content (AvgIpc) is 2.75. The molecule has 1 atom stereocenters. The van der Waals surface area contributed by atoms with Gasteiger partial charge in [0.25, 0.3) is 5.91 Å². The number of rotatable bonds is 3. The van der Waals surface area contributed by atoms with Crippen LogP contribution in [0.5, 0.6) is 0 Å². The molecule has 0 aromatic heterocycles. The van der Waals surface area contributed by atoms with Gasteiger partial charge in [0, 0.05) is 24.2 Å². The molecule has 1 aliphatic rings. The summed E-state index contributed by atoms with van der Waals surface area (Å²) in [5.74, 6) is -0.569. The summed E-state index contributed by atoms with van der Waals surface area (Å²) in [5.41, 5.74) is 6.13. The van der Waals surface area contributed by atoms with E-state index in [1.54, 1.807) is 29.2 Å². The van der Waals surface area contributed by atoms with Gasteiger partial charge in [-0.15, -0.1) is 0 Å². The van der Waals surface area contributed by atoms with Crippen LogP contribution >= 0.6 is 0 Å². The van der Waals surface area contributed by atoms with Gasteiger partial charge in [-0.3, -0.25) is 9.59 Å². The molecule has 1 heterocycles. The van der Waals surface area contributed by atoms with E-state index in [1.807, 2.05) is 7.05 Å². The van der Waals surface area contributed by atoms with Crippen LogP contribution in [0, 0.1) is 0 Å². The number of nitrogens with one attached hydrogen (secondary N) is 1. The summed E-state index contributed by atoms with van der Waals surface area (Å²) in [5, 5.41) is 3.34. The minimum absolute atomic E-state index is 0.0556. The Balaban J connectivity index is 2.13. The zero-order valence-electron chi connectivity index (χ0n) is 11.8. The largest absolute Gasteiger partial charge is 0.366 e. The summed E-state index contributed by atoms with van der Waals surface area (Å²) in [4.78, 5) is 25.5. The Kier molecular flexibility index (Phi) is 4.74. The van der Waals surface area contributed by atoms with Crippen molar-refractivity contribution in [1.29, 1.82) is 0 Å². The van der Waals surface area contributed by atoms with Crippen molar-refractivity contribution in [2.75, 3.05) is 20.1 Å². The lowest BCUT2D eigenvalue weighted by Gasteiger charge is -2.27. The second kappa shape index (κ2) is 6.52. The highest BCUT2D eigenvalue weighted by Gasteiger charge is 2.22. The number of amides is 2. The summed E-state index contributed by atoms with van der Waals surface area (Å²) >= 11 is 0. The quantitative estimate of drug-likeness (QED) is 0.864. The van der Waals surface area contributed by atoms with Crippen molar-refractivity contribution >= 4 is 11.8 Å². The Morgan fingerprint density at radius 3 is 2.75 bits per heavy atom. The van der Waals surface area contributed by atoms with E-state index in [1.165, 1.54) is 0 Å². The van der Waals surface area contributed by atoms with Gasteiger partial charge in [-0.2, -0.15) is 0 Å². The molecule has 5 nitrogen and oxygen atoms in total. The van der Waals surface area contributed by atoms with Crippen molar-refractivity contribution in [2.45, 2.75) is 25.3 Å². The third kappa shape index (κ3) is 3.36. The predicted octanol–water partition coefficient (Wildman–Crippen LogP) is 1.000. The van der Waals surface area contributed by atoms with Crippen molar-refractivity contribution in [3.8, 4) is 0 Å². The molecule has 1 unspecified atom stereocenters. The summed E-state index contributed by atoms with van der Waals surface area (Å²) < 4.78 is 0. The van der Waals surface area contributed by atoms with Gasteiger partial charge >= 0.3 is 0 Å². The summed E-state index contributed by atoms with van der Waals surface area (Å²) in [7, 11) is 1.83. The molecule has 0 bridgehead atoms. The third-order valence-corrected chi connectivity index (χ3v) is 3.81. The number of benzene rings is 1. The lowest BCUT2D eigenvalue weighted by Crippen LogP contribution is -2.37. The van der Waals surface area contributed by atoms with E-state index in [4.69, 9.17) is 5.73 Å². The predicted molar refractivity (Wildman–Crippen MR) is 77.6 cm³/mol. The van der Waals surface area contributed by atoms with Gasteiger partial charge in [0.1, 0.15) is 0 Å². The van der Waals surface area contributed by atoms with Gasteiger partial charge in [-0.1, -0.05) is 6.07 Å². The number of hydrogen-bond acceptors (Lipinski definition) is 3. The average molecular weight is 275 g/mol. The van der Waals surface area contributed by atoms with Gasteiger partial charge in [-0.05, 0) is 50.6 Å². The van der Waals surface area contributed by atoms with Crippen molar-refractivity contribution in [3.63, 3.8) is 0 Å². The molecular formula is C15H21N3O2. The Bertz CT molecular complexity index is 494. The van der Waals surface area contributed by atoms with E-state index in [-0.39, 0.29) is 11.9 Å². The number of nitrogens with two attached hydrogens (primary N) is 1. The van der Waals surface area contributed by atoms with Crippen LogP contribution in [-0.4, -0.2) is 42.9 Å². The minimum atomic E-state index is -0.513. The second-order valence-electron chi connectivity index (χ2n) is 5.20. The first-order chi connectivity index (χ1) is 9.59. The SMILES string of the molecule is CN(C(=O)c1cccc(C(N)=O)c1)C1CCCNCC1. The Labute approximate surface area is 119 Å². The van der Waals surface area contributed by atoms with Crippen LogP contribution in [0.4, 0.5) is 0 Å². The zero-order valence-corrected chi connectivity index (χ0v) is 11.8. The van der Waals surface area contributed by atoms with Crippen molar-refractivity contribution in [2.24, 2.45) is 5.73 Å². The molecule has 1 aromatic rings. The molecule has 108 valence electrons. The highest BCUT2D eigenvalue weighted by Crippen LogP contribution is 2.15. The van der Waals surface area contributed by atoms with E-state index < -0.39 is 5.91 Å². The number of carbonyl (C=O) groups is 2. The first-order valence-electron chi connectivity index (χ1n) is 6.97. The van der Waals surface area contributed by atoms with Crippen LogP contribution in [0.1, 0.15) is 40.0 Å². The maximum Gasteiger partial charge on any atom is 0.253 e. The first-order valence-corrected chi connectivity index (χ1v) is 6.97. The molecule has 5 heteroatoms. The van der Waals surface area contributed by atoms with Crippen LogP contribution < -0.4 is 11.1 Å². The van der Waals surface area contributed by atoms with E-state index >= 15 is 0 Å². The lowest BCUT2D eigenvalue weighted by molar-refractivity contribution is 0.0720. The van der Waals surface area contributed by atoms with Crippen LogP contribution in [0.15, 0.2) is 24.3 Å². The Morgan fingerprint density at radius 1 is 1.25 bits per heavy atom. The molecular weight excluding hydrogens is 254 g/mol. The molecule has 0 aliphatic carbocycles. The van der Waals surface area contributed by atoms with Crippen LogP contribution in [0.2, 0.25) is 0 Å². The topological polar surface area (TPSA) is 75.4 Å². The summed E-state index contributed by atoms with van der Waals surface area (Å²) in [6.45, 7) is 1.94. The Morgan fingerprint density at radius 2 is 2.00 bits per heavy atom. The van der Waals surface area contributed by atoms with E-state index in [0.717, 1.165) is 32.4 Å². The van der Waals surface area contributed by atoms with Crippen molar-refractivity contribution < 1.29 is 9.59 Å². The highest BCUT2D eigenvalue weighted by molar-refractivity contribution is 5.99. The molecule has 0 spiro atoms. The summed E-state index contributed by atoms with van der Waals surface area (Å²) in [6, 6.07) is 6.84. The Hall–Kier alpha value is -1.88. The molecule has 1 saturated heterocycles. The van der Waals surface area contributed by atoms with Crippen molar-refractivity contribution in [1.82, 2.24) is 10.2 Å². The fourth-order valence-corrected chi connectivity index (χ4v) is 2.56. The van der Waals surface area contributed by atoms with Gasteiger partial charge in [-0.25, -0.2) is 0 Å². The summed E-state index contributed by atoms with van der Waals surface area (Å²) in [6.07, 6.45) is 3.03. The smallest absolute Gasteiger partial charge is 0.253 e. The number of carbonyl (C=O) groups excluding carboxylic acids is 2. The second-order valence-corrected chi connectivity index (χ2v) is 5.20. The molecule has 0 saturated carbocycles. The maximum absolute atomic E-state index is 12.5. The standard InChI is InChI=1S/C15H21N3O2/c1-18(13-6-3-8-17-9-7-13)15(20)12-5-2-4-11(10-12)14(16)19/h2,4-5,10,13,17H,3,6-9H2,1H3,(H2,16,19). The normalized spacial score (nSPS) is 19.1. The molecule has 20 heavy (non-hydrogen) atoms. The molecule has 1 aromatic carbocycles. The van der Waals surface area contributed by atoms with Crippen LogP contribution in [-0.2, 0) is 0 Å². The van der Waals surface area contributed by atoms with Crippen molar-refractivity contribution in [3.05, 3.63) is 35.4 Å². The van der Waals surface area contributed by atoms with Gasteiger partial charge in [0.2, 0.25) is 5.91 Å². The van der Waals surface area contributed by atoms with E-state index in [9.17, 15) is 9.59 Å². The first kappa shape index (κ1) is 14.5. The molecule has 1 fully saturated rings. The number of hydrogen-bond donors (Lipinski definition) is 2. The third-order valence-electron chi connectivity index (χ3n) is 3.81. The molecule has 2 rings (SSSR count). The fraction of sp³-hybridized carbons (Fsp3) is 0.467. The lowest BCUT2D eigenvalue weighted by atomic mass is 10.1. The van der Waals surface area contributed by atoms with E-state index in [0.29, 0.717) is 11.1 Å². The van der Waals surface area contributed by atoms with E-state index in [2.05, 4.69) is 5.32 Å². The molecule has 2 amide bonds. The van der Waals surface area contributed by atoms with Gasteiger partial charge in [0.15, 0.2) is 0 Å². The monoisotopic (exact) mass is 275 g/mol. The van der Waals surface area contributed by atoms with Gasteiger partial charge < -0.3 is 16.0 Å². The minimum Gasteiger partial charge on any atom is -0.366 e. The van der Waals surface area contributed by atoms with Gasteiger partial charge in [0.05, 0.1) is 0 Å². The van der Waals surface area contributed by atoms with Crippen LogP contribution in [0.3, 0.4) is 0 Å².